The van der Waals surface area contributed by atoms with E-state index in [1.807, 2.05) is 0 Å². The smallest absolute Gasteiger partial charge is 0.222 e. The van der Waals surface area contributed by atoms with E-state index < -0.39 is 9.84 Å². The predicted molar refractivity (Wildman–Crippen MR) is 69.4 cm³/mol. The van der Waals surface area contributed by atoms with Gasteiger partial charge in [-0.3, -0.25) is 4.79 Å². The summed E-state index contributed by atoms with van der Waals surface area (Å²) < 4.78 is 21.9. The number of nitrogens with zero attached hydrogens (tertiary/aromatic N) is 1. The zero-order valence-electron chi connectivity index (χ0n) is 11.0. The summed E-state index contributed by atoms with van der Waals surface area (Å²) in [6, 6.07) is 0. The van der Waals surface area contributed by atoms with E-state index in [9.17, 15) is 13.2 Å². The van der Waals surface area contributed by atoms with Crippen LogP contribution in [0.3, 0.4) is 0 Å². The fraction of sp³-hybridized carbons (Fsp3) is 0.909. The molecule has 0 aromatic carbocycles. The molecule has 1 amide bonds. The maximum absolute atomic E-state index is 11.7. The van der Waals surface area contributed by atoms with E-state index in [0.29, 0.717) is 18.9 Å². The summed E-state index contributed by atoms with van der Waals surface area (Å²) in [4.78, 5) is 13.2. The molecule has 0 aliphatic carbocycles. The number of carbonyl (C=O) groups excluding carboxylic acids is 1. The maximum Gasteiger partial charge on any atom is 0.222 e. The molecule has 0 aromatic rings. The second kappa shape index (κ2) is 7.66. The van der Waals surface area contributed by atoms with Crippen molar-refractivity contribution in [3.63, 3.8) is 0 Å². The molecule has 2 N–H and O–H groups in total. The van der Waals surface area contributed by atoms with Gasteiger partial charge in [0.15, 0.2) is 0 Å². The molecular formula is C11H24N2O3S. The van der Waals surface area contributed by atoms with Crippen molar-refractivity contribution in [2.75, 3.05) is 32.1 Å². The average molecular weight is 264 g/mol. The van der Waals surface area contributed by atoms with Crippen molar-refractivity contribution in [3.8, 4) is 0 Å². The van der Waals surface area contributed by atoms with Crippen molar-refractivity contribution in [2.45, 2.75) is 26.2 Å². The lowest BCUT2D eigenvalue weighted by Gasteiger charge is -2.17. The molecule has 0 aliphatic heterocycles. The quantitative estimate of drug-likeness (QED) is 0.681. The Bertz CT molecular complexity index is 328. The van der Waals surface area contributed by atoms with Crippen LogP contribution in [-0.4, -0.2) is 51.4 Å². The Labute approximate surface area is 104 Å². The third kappa shape index (κ3) is 9.12. The third-order valence-corrected chi connectivity index (χ3v) is 3.66. The van der Waals surface area contributed by atoms with E-state index in [4.69, 9.17) is 5.73 Å². The van der Waals surface area contributed by atoms with Gasteiger partial charge in [-0.2, -0.15) is 0 Å². The van der Waals surface area contributed by atoms with Gasteiger partial charge in [0, 0.05) is 26.3 Å². The third-order valence-electron chi connectivity index (χ3n) is 2.73. The van der Waals surface area contributed by atoms with Crippen LogP contribution in [0.1, 0.15) is 26.2 Å². The van der Waals surface area contributed by atoms with Crippen LogP contribution in [0.4, 0.5) is 0 Å². The molecule has 0 aliphatic rings. The van der Waals surface area contributed by atoms with Gasteiger partial charge in [0.25, 0.3) is 0 Å². The van der Waals surface area contributed by atoms with Gasteiger partial charge in [-0.1, -0.05) is 6.92 Å². The highest BCUT2D eigenvalue weighted by atomic mass is 32.2. The summed E-state index contributed by atoms with van der Waals surface area (Å²) in [6.45, 7) is 2.97. The van der Waals surface area contributed by atoms with Gasteiger partial charge in [0.2, 0.25) is 5.91 Å². The molecule has 0 spiro atoms. The van der Waals surface area contributed by atoms with Crippen molar-refractivity contribution < 1.29 is 13.2 Å². The molecule has 0 fully saturated rings. The van der Waals surface area contributed by atoms with Gasteiger partial charge >= 0.3 is 0 Å². The number of rotatable bonds is 8. The minimum atomic E-state index is -3.00. The Hall–Kier alpha value is -0.620. The zero-order chi connectivity index (χ0) is 13.5. The maximum atomic E-state index is 11.7. The summed E-state index contributed by atoms with van der Waals surface area (Å²) in [5.41, 5.74) is 5.43. The topological polar surface area (TPSA) is 80.5 Å². The number of carbonyl (C=O) groups is 1. The van der Waals surface area contributed by atoms with E-state index in [1.165, 1.54) is 11.2 Å². The van der Waals surface area contributed by atoms with E-state index in [0.717, 1.165) is 12.8 Å². The molecule has 0 rings (SSSR count). The fourth-order valence-electron chi connectivity index (χ4n) is 1.42. The van der Waals surface area contributed by atoms with Gasteiger partial charge < -0.3 is 10.6 Å². The minimum absolute atomic E-state index is 0.00229. The summed E-state index contributed by atoms with van der Waals surface area (Å²) in [6.07, 6.45) is 3.36. The van der Waals surface area contributed by atoms with Crippen molar-refractivity contribution in [1.29, 1.82) is 0 Å². The van der Waals surface area contributed by atoms with Gasteiger partial charge in [-0.25, -0.2) is 8.42 Å². The van der Waals surface area contributed by atoms with Crippen LogP contribution in [0.2, 0.25) is 0 Å². The van der Waals surface area contributed by atoms with E-state index in [2.05, 4.69) is 6.92 Å². The van der Waals surface area contributed by atoms with E-state index in [1.54, 1.807) is 7.05 Å². The molecule has 0 aromatic heterocycles. The Morgan fingerprint density at radius 2 is 1.94 bits per heavy atom. The van der Waals surface area contributed by atoms with Crippen LogP contribution in [0.5, 0.6) is 0 Å². The van der Waals surface area contributed by atoms with Crippen LogP contribution < -0.4 is 5.73 Å². The second-order valence-electron chi connectivity index (χ2n) is 4.67. The lowest BCUT2D eigenvalue weighted by molar-refractivity contribution is -0.129. The molecule has 102 valence electrons. The Balaban J connectivity index is 3.90. The van der Waals surface area contributed by atoms with Gasteiger partial charge in [-0.15, -0.1) is 0 Å². The molecule has 0 saturated carbocycles. The number of nitrogens with two attached hydrogens (primary N) is 1. The van der Waals surface area contributed by atoms with Crippen molar-refractivity contribution in [3.05, 3.63) is 0 Å². The highest BCUT2D eigenvalue weighted by molar-refractivity contribution is 7.90. The molecule has 1 unspecified atom stereocenters. The van der Waals surface area contributed by atoms with Gasteiger partial charge in [-0.05, 0) is 25.3 Å². The summed E-state index contributed by atoms with van der Waals surface area (Å²) in [5, 5.41) is 0. The number of hydrogen-bond donors (Lipinski definition) is 1. The van der Waals surface area contributed by atoms with Crippen molar-refractivity contribution in [1.82, 2.24) is 4.90 Å². The van der Waals surface area contributed by atoms with Crippen LogP contribution in [0, 0.1) is 5.92 Å². The first kappa shape index (κ1) is 16.4. The number of amides is 1. The molecule has 0 bridgehead atoms. The molecule has 0 radical (unpaired) electrons. The molecule has 0 heterocycles. The van der Waals surface area contributed by atoms with Crippen LogP contribution in [0.15, 0.2) is 0 Å². The predicted octanol–water partition coefficient (Wildman–Crippen LogP) is 0.255. The number of sulfone groups is 1. The van der Waals surface area contributed by atoms with Crippen molar-refractivity contribution in [2.24, 2.45) is 11.7 Å². The first-order valence-corrected chi connectivity index (χ1v) is 7.94. The van der Waals surface area contributed by atoms with Crippen LogP contribution in [-0.2, 0) is 14.6 Å². The number of hydrogen-bond acceptors (Lipinski definition) is 4. The summed E-state index contributed by atoms with van der Waals surface area (Å²) in [5.74, 6) is 0.456. The highest BCUT2D eigenvalue weighted by Gasteiger charge is 2.12. The SMILES string of the molecule is CC(CCN)CCC(=O)N(C)CCS(C)(=O)=O. The molecule has 5 nitrogen and oxygen atoms in total. The zero-order valence-corrected chi connectivity index (χ0v) is 11.8. The lowest BCUT2D eigenvalue weighted by atomic mass is 10.0. The van der Waals surface area contributed by atoms with E-state index in [-0.39, 0.29) is 18.2 Å². The lowest BCUT2D eigenvalue weighted by Crippen LogP contribution is -2.31. The van der Waals surface area contributed by atoms with E-state index >= 15 is 0 Å². The first-order chi connectivity index (χ1) is 7.76. The first-order valence-electron chi connectivity index (χ1n) is 5.88. The van der Waals surface area contributed by atoms with Gasteiger partial charge in [0.05, 0.1) is 5.75 Å². The van der Waals surface area contributed by atoms with Gasteiger partial charge in [0.1, 0.15) is 9.84 Å². The Morgan fingerprint density at radius 3 is 2.41 bits per heavy atom. The fourth-order valence-corrected chi connectivity index (χ4v) is 2.02. The molecule has 1 atom stereocenters. The summed E-state index contributed by atoms with van der Waals surface area (Å²) >= 11 is 0. The standard InChI is InChI=1S/C11H24N2O3S/c1-10(6-7-12)4-5-11(14)13(2)8-9-17(3,15)16/h10H,4-9,12H2,1-3H3. The Kier molecular flexibility index (Phi) is 7.38. The molecule has 6 heteroatoms. The molecule has 0 saturated heterocycles. The highest BCUT2D eigenvalue weighted by Crippen LogP contribution is 2.10. The second-order valence-corrected chi connectivity index (χ2v) is 6.93. The summed E-state index contributed by atoms with van der Waals surface area (Å²) in [7, 11) is -1.36. The Morgan fingerprint density at radius 1 is 1.35 bits per heavy atom. The molecular weight excluding hydrogens is 240 g/mol. The normalized spacial score (nSPS) is 13.4. The van der Waals surface area contributed by atoms with Crippen LogP contribution in [0.25, 0.3) is 0 Å². The average Bonchev–Trinajstić information content (AvgIpc) is 2.22. The van der Waals surface area contributed by atoms with Crippen LogP contribution >= 0.6 is 0 Å². The van der Waals surface area contributed by atoms with Crippen molar-refractivity contribution >= 4 is 15.7 Å². The molecule has 17 heavy (non-hydrogen) atoms. The monoisotopic (exact) mass is 264 g/mol. The largest absolute Gasteiger partial charge is 0.345 e. The minimum Gasteiger partial charge on any atom is -0.345 e.